The Bertz CT molecular complexity index is 597. The van der Waals surface area contributed by atoms with Crippen molar-refractivity contribution in [2.75, 3.05) is 31.1 Å². The van der Waals surface area contributed by atoms with Gasteiger partial charge in [0.2, 0.25) is 5.91 Å². The van der Waals surface area contributed by atoms with Gasteiger partial charge < -0.3 is 15.0 Å². The molecule has 0 aliphatic carbocycles. The summed E-state index contributed by atoms with van der Waals surface area (Å²) in [6.45, 7) is 2.26. The van der Waals surface area contributed by atoms with E-state index < -0.39 is 11.9 Å². The Labute approximate surface area is 143 Å². The smallest absolute Gasteiger partial charge is 0.376 e. The maximum atomic E-state index is 12.7. The van der Waals surface area contributed by atoms with Gasteiger partial charge in [0.15, 0.2) is 0 Å². The second kappa shape index (κ2) is 7.55. The van der Waals surface area contributed by atoms with Crippen molar-refractivity contribution in [1.29, 1.82) is 0 Å². The minimum atomic E-state index is -4.49. The molecule has 138 valence electrons. The van der Waals surface area contributed by atoms with Crippen LogP contribution >= 0.6 is 0 Å². The number of ether oxygens (including phenoxy) is 1. The van der Waals surface area contributed by atoms with Crippen LogP contribution in [0.5, 0.6) is 0 Å². The zero-order chi connectivity index (χ0) is 17.9. The molecule has 0 saturated carbocycles. The minimum absolute atomic E-state index is 0.00572. The predicted molar refractivity (Wildman–Crippen MR) is 84.0 cm³/mol. The average Bonchev–Trinajstić information content (AvgIpc) is 3.13. The first kappa shape index (κ1) is 17.9. The highest BCUT2D eigenvalue weighted by molar-refractivity contribution is 5.79. The predicted octanol–water partition coefficient (Wildman–Crippen LogP) is 2.01. The monoisotopic (exact) mass is 358 g/mol. The summed E-state index contributed by atoms with van der Waals surface area (Å²) >= 11 is 0. The topological polar surface area (TPSA) is 67.3 Å². The number of alkyl halides is 3. The number of rotatable bonds is 4. The lowest BCUT2D eigenvalue weighted by Gasteiger charge is -2.32. The Morgan fingerprint density at radius 3 is 2.68 bits per heavy atom. The second-order valence-corrected chi connectivity index (χ2v) is 6.40. The third-order valence-corrected chi connectivity index (χ3v) is 4.66. The van der Waals surface area contributed by atoms with E-state index in [0.29, 0.717) is 32.5 Å². The van der Waals surface area contributed by atoms with Crippen LogP contribution in [-0.2, 0) is 15.7 Å². The van der Waals surface area contributed by atoms with E-state index in [1.54, 1.807) is 4.90 Å². The number of nitrogens with one attached hydrogen (secondary N) is 1. The normalized spacial score (nSPS) is 22.2. The van der Waals surface area contributed by atoms with Crippen molar-refractivity contribution >= 4 is 11.7 Å². The summed E-state index contributed by atoms with van der Waals surface area (Å²) in [6, 6.07) is 0.956. The average molecular weight is 358 g/mol. The Hall–Kier alpha value is -1.90. The fourth-order valence-electron chi connectivity index (χ4n) is 3.21. The molecule has 0 radical (unpaired) electrons. The highest BCUT2D eigenvalue weighted by Gasteiger charge is 2.34. The summed E-state index contributed by atoms with van der Waals surface area (Å²) in [5.74, 6) is 0.121. The molecule has 3 heterocycles. The molecule has 1 N–H and O–H groups in total. The van der Waals surface area contributed by atoms with Gasteiger partial charge in [0.1, 0.15) is 17.8 Å². The highest BCUT2D eigenvalue weighted by Crippen LogP contribution is 2.30. The quantitative estimate of drug-likeness (QED) is 0.892. The molecule has 6 nitrogen and oxygen atoms in total. The standard InChI is InChI=1S/C16H21F3N4O2/c17-16(18,19)13-8-14(22-10-21-13)23-5-3-11(4-6-23)15(24)20-9-12-2-1-7-25-12/h8,10-12H,1-7,9H2,(H,20,24). The number of amides is 1. The summed E-state index contributed by atoms with van der Waals surface area (Å²) in [6.07, 6.45) is -0.292. The van der Waals surface area contributed by atoms with E-state index >= 15 is 0 Å². The SMILES string of the molecule is O=C(NCC1CCCO1)C1CCN(c2cc(C(F)(F)F)ncn2)CC1. The molecule has 25 heavy (non-hydrogen) atoms. The molecule has 3 rings (SSSR count). The van der Waals surface area contributed by atoms with Crippen molar-refractivity contribution in [3.05, 3.63) is 18.1 Å². The molecule has 2 aliphatic heterocycles. The van der Waals surface area contributed by atoms with E-state index in [4.69, 9.17) is 4.74 Å². The molecule has 2 saturated heterocycles. The molecule has 2 fully saturated rings. The largest absolute Gasteiger partial charge is 0.433 e. The molecule has 1 atom stereocenters. The van der Waals surface area contributed by atoms with Crippen LogP contribution in [0.3, 0.4) is 0 Å². The number of carbonyl (C=O) groups is 1. The number of nitrogens with zero attached hydrogens (tertiary/aromatic N) is 3. The highest BCUT2D eigenvalue weighted by atomic mass is 19.4. The number of carbonyl (C=O) groups excluding carboxylic acids is 1. The molecule has 0 bridgehead atoms. The molecule has 0 aromatic carbocycles. The minimum Gasteiger partial charge on any atom is -0.376 e. The van der Waals surface area contributed by atoms with Crippen LogP contribution in [0.15, 0.2) is 12.4 Å². The van der Waals surface area contributed by atoms with E-state index in [1.807, 2.05) is 0 Å². The molecule has 9 heteroatoms. The third-order valence-electron chi connectivity index (χ3n) is 4.66. The van der Waals surface area contributed by atoms with E-state index in [2.05, 4.69) is 15.3 Å². The van der Waals surface area contributed by atoms with E-state index in [9.17, 15) is 18.0 Å². The van der Waals surface area contributed by atoms with Gasteiger partial charge in [0, 0.05) is 38.2 Å². The fraction of sp³-hybridized carbons (Fsp3) is 0.688. The van der Waals surface area contributed by atoms with Crippen molar-refractivity contribution < 1.29 is 22.7 Å². The van der Waals surface area contributed by atoms with Crippen LogP contribution in [0.1, 0.15) is 31.4 Å². The lowest BCUT2D eigenvalue weighted by atomic mass is 9.96. The number of hydrogen-bond acceptors (Lipinski definition) is 5. The van der Waals surface area contributed by atoms with Crippen molar-refractivity contribution in [2.45, 2.75) is 38.0 Å². The van der Waals surface area contributed by atoms with Crippen LogP contribution in [0.2, 0.25) is 0 Å². The van der Waals surface area contributed by atoms with Crippen molar-refractivity contribution in [2.24, 2.45) is 5.92 Å². The second-order valence-electron chi connectivity index (χ2n) is 6.40. The maximum absolute atomic E-state index is 12.7. The van der Waals surface area contributed by atoms with Crippen LogP contribution in [-0.4, -0.2) is 48.2 Å². The summed E-state index contributed by atoms with van der Waals surface area (Å²) in [5.41, 5.74) is -0.950. The molecule has 1 amide bonds. The molecule has 1 aromatic rings. The Morgan fingerprint density at radius 1 is 1.28 bits per heavy atom. The number of piperidine rings is 1. The van der Waals surface area contributed by atoms with E-state index in [0.717, 1.165) is 31.8 Å². The lowest BCUT2D eigenvalue weighted by Crippen LogP contribution is -2.42. The lowest BCUT2D eigenvalue weighted by molar-refractivity contribution is -0.141. The Balaban J connectivity index is 1.50. The molecule has 1 unspecified atom stereocenters. The summed E-state index contributed by atoms with van der Waals surface area (Å²) in [7, 11) is 0. The van der Waals surface area contributed by atoms with Gasteiger partial charge in [-0.05, 0) is 25.7 Å². The maximum Gasteiger partial charge on any atom is 0.433 e. The van der Waals surface area contributed by atoms with Gasteiger partial charge in [-0.15, -0.1) is 0 Å². The fourth-order valence-corrected chi connectivity index (χ4v) is 3.21. The zero-order valence-electron chi connectivity index (χ0n) is 13.8. The zero-order valence-corrected chi connectivity index (χ0v) is 13.8. The van der Waals surface area contributed by atoms with Gasteiger partial charge >= 0.3 is 6.18 Å². The Kier molecular flexibility index (Phi) is 5.41. The Morgan fingerprint density at radius 2 is 2.04 bits per heavy atom. The number of halogens is 3. The van der Waals surface area contributed by atoms with Crippen LogP contribution in [0.4, 0.5) is 19.0 Å². The molecule has 1 aromatic heterocycles. The van der Waals surface area contributed by atoms with Gasteiger partial charge in [-0.25, -0.2) is 9.97 Å². The first-order valence-corrected chi connectivity index (χ1v) is 8.47. The van der Waals surface area contributed by atoms with Gasteiger partial charge in [0.05, 0.1) is 6.10 Å². The third kappa shape index (κ3) is 4.59. The van der Waals surface area contributed by atoms with Crippen LogP contribution in [0.25, 0.3) is 0 Å². The molecular weight excluding hydrogens is 337 g/mol. The first-order chi connectivity index (χ1) is 11.9. The van der Waals surface area contributed by atoms with E-state index in [1.165, 1.54) is 0 Å². The summed E-state index contributed by atoms with van der Waals surface area (Å²) in [5, 5.41) is 2.92. The summed E-state index contributed by atoms with van der Waals surface area (Å²) < 4.78 is 43.7. The number of anilines is 1. The summed E-state index contributed by atoms with van der Waals surface area (Å²) in [4.78, 5) is 21.2. The van der Waals surface area contributed by atoms with Gasteiger partial charge in [-0.2, -0.15) is 13.2 Å². The van der Waals surface area contributed by atoms with Crippen LogP contribution in [0, 0.1) is 5.92 Å². The molecular formula is C16H21F3N4O2. The van der Waals surface area contributed by atoms with Crippen LogP contribution < -0.4 is 10.2 Å². The molecule has 2 aliphatic rings. The van der Waals surface area contributed by atoms with Crippen molar-refractivity contribution in [3.63, 3.8) is 0 Å². The van der Waals surface area contributed by atoms with Crippen molar-refractivity contribution in [1.82, 2.24) is 15.3 Å². The number of aromatic nitrogens is 2. The number of hydrogen-bond donors (Lipinski definition) is 1. The first-order valence-electron chi connectivity index (χ1n) is 8.47. The van der Waals surface area contributed by atoms with E-state index in [-0.39, 0.29) is 23.7 Å². The van der Waals surface area contributed by atoms with Gasteiger partial charge in [-0.3, -0.25) is 4.79 Å². The van der Waals surface area contributed by atoms with Crippen molar-refractivity contribution in [3.8, 4) is 0 Å². The van der Waals surface area contributed by atoms with Gasteiger partial charge in [0.25, 0.3) is 0 Å². The molecule has 0 spiro atoms. The van der Waals surface area contributed by atoms with Gasteiger partial charge in [-0.1, -0.05) is 0 Å².